The van der Waals surface area contributed by atoms with Crippen LogP contribution in [0, 0.1) is 0 Å². The van der Waals surface area contributed by atoms with Crippen LogP contribution in [0.15, 0.2) is 18.3 Å². The van der Waals surface area contributed by atoms with E-state index in [0.29, 0.717) is 6.61 Å². The van der Waals surface area contributed by atoms with Crippen molar-refractivity contribution >= 4 is 5.97 Å². The van der Waals surface area contributed by atoms with E-state index in [1.54, 1.807) is 0 Å². The number of aromatic nitrogens is 1. The van der Waals surface area contributed by atoms with Crippen molar-refractivity contribution in [3.05, 3.63) is 23.9 Å². The summed E-state index contributed by atoms with van der Waals surface area (Å²) >= 11 is 0. The van der Waals surface area contributed by atoms with Crippen molar-refractivity contribution in [3.8, 4) is 5.88 Å². The van der Waals surface area contributed by atoms with Gasteiger partial charge in [-0.05, 0) is 18.9 Å². The maximum Gasteiger partial charge on any atom is 0.422 e. The third-order valence-corrected chi connectivity index (χ3v) is 2.78. The molecule has 0 amide bonds. The van der Waals surface area contributed by atoms with Gasteiger partial charge in [-0.15, -0.1) is 0 Å². The van der Waals surface area contributed by atoms with E-state index in [1.165, 1.54) is 12.1 Å². The number of nitrogens with zero attached hydrogens (tertiary/aromatic N) is 1. The predicted molar refractivity (Wildman–Crippen MR) is 65.0 cm³/mol. The van der Waals surface area contributed by atoms with Gasteiger partial charge in [0.15, 0.2) is 6.61 Å². The molecule has 1 unspecified atom stereocenters. The van der Waals surface area contributed by atoms with E-state index in [-0.39, 0.29) is 24.2 Å². The fraction of sp³-hybridized carbons (Fsp3) is 0.538. The number of hydrogen-bond donors (Lipinski definition) is 0. The van der Waals surface area contributed by atoms with E-state index in [2.05, 4.69) is 9.72 Å². The summed E-state index contributed by atoms with van der Waals surface area (Å²) < 4.78 is 50.7. The van der Waals surface area contributed by atoms with Crippen molar-refractivity contribution in [3.63, 3.8) is 0 Å². The van der Waals surface area contributed by atoms with E-state index < -0.39 is 18.8 Å². The Morgan fingerprint density at radius 1 is 1.43 bits per heavy atom. The van der Waals surface area contributed by atoms with Crippen LogP contribution >= 0.6 is 0 Å². The Labute approximate surface area is 119 Å². The second-order valence-corrected chi connectivity index (χ2v) is 4.52. The maximum atomic E-state index is 12.0. The smallest absolute Gasteiger partial charge is 0.422 e. The van der Waals surface area contributed by atoms with Crippen molar-refractivity contribution in [1.82, 2.24) is 4.98 Å². The van der Waals surface area contributed by atoms with Gasteiger partial charge in [0, 0.05) is 18.9 Å². The normalized spacial score (nSPS) is 18.5. The number of alkyl halides is 3. The first-order chi connectivity index (χ1) is 9.94. The summed E-state index contributed by atoms with van der Waals surface area (Å²) in [7, 11) is 0. The van der Waals surface area contributed by atoms with Crippen LogP contribution < -0.4 is 4.74 Å². The molecule has 8 heteroatoms. The van der Waals surface area contributed by atoms with E-state index in [9.17, 15) is 18.0 Å². The fourth-order valence-corrected chi connectivity index (χ4v) is 1.77. The van der Waals surface area contributed by atoms with E-state index >= 15 is 0 Å². The van der Waals surface area contributed by atoms with Gasteiger partial charge >= 0.3 is 12.1 Å². The van der Waals surface area contributed by atoms with Gasteiger partial charge in [0.25, 0.3) is 0 Å². The van der Waals surface area contributed by atoms with Crippen LogP contribution in [-0.2, 0) is 9.47 Å². The number of rotatable bonds is 5. The molecular weight excluding hydrogens is 291 g/mol. The Hall–Kier alpha value is -1.83. The van der Waals surface area contributed by atoms with Crippen molar-refractivity contribution < 1.29 is 32.2 Å². The molecule has 0 aliphatic carbocycles. The fourth-order valence-electron chi connectivity index (χ4n) is 1.77. The van der Waals surface area contributed by atoms with Crippen LogP contribution in [0.2, 0.25) is 0 Å². The summed E-state index contributed by atoms with van der Waals surface area (Å²) in [4.78, 5) is 15.3. The zero-order chi connectivity index (χ0) is 15.3. The molecule has 0 saturated carbocycles. The lowest BCUT2D eigenvalue weighted by molar-refractivity contribution is -0.154. The largest absolute Gasteiger partial charge is 0.468 e. The predicted octanol–water partition coefficient (Wildman–Crippen LogP) is 2.36. The molecule has 1 aromatic heterocycles. The monoisotopic (exact) mass is 305 g/mol. The highest BCUT2D eigenvalue weighted by molar-refractivity contribution is 5.89. The number of carbonyl (C=O) groups is 1. The maximum absolute atomic E-state index is 12.0. The quantitative estimate of drug-likeness (QED) is 0.782. The molecule has 116 valence electrons. The lowest BCUT2D eigenvalue weighted by Gasteiger charge is -2.10. The minimum absolute atomic E-state index is 0.0868. The Morgan fingerprint density at radius 3 is 2.81 bits per heavy atom. The molecule has 0 spiro atoms. The van der Waals surface area contributed by atoms with Gasteiger partial charge in [-0.3, -0.25) is 0 Å². The van der Waals surface area contributed by atoms with Gasteiger partial charge in [0.1, 0.15) is 6.61 Å². The molecule has 1 fully saturated rings. The number of hydrogen-bond acceptors (Lipinski definition) is 5. The van der Waals surface area contributed by atoms with Crippen LogP contribution in [-0.4, -0.2) is 43.1 Å². The molecule has 1 aliphatic rings. The molecule has 2 heterocycles. The van der Waals surface area contributed by atoms with E-state index in [4.69, 9.17) is 9.47 Å². The van der Waals surface area contributed by atoms with Crippen molar-refractivity contribution in [2.24, 2.45) is 0 Å². The number of esters is 1. The molecule has 5 nitrogen and oxygen atoms in total. The second-order valence-electron chi connectivity index (χ2n) is 4.52. The standard InChI is InChI=1S/C13H14F3NO4/c14-13(15,16)8-21-11-4-3-9(6-17-11)12(18)20-7-10-2-1-5-19-10/h3-4,6,10H,1-2,5,7-8H2. The van der Waals surface area contributed by atoms with Gasteiger partial charge in [-0.25, -0.2) is 9.78 Å². The summed E-state index contributed by atoms with van der Waals surface area (Å²) in [5.74, 6) is -0.802. The average molecular weight is 305 g/mol. The van der Waals surface area contributed by atoms with Gasteiger partial charge in [-0.2, -0.15) is 13.2 Å². The highest BCUT2D eigenvalue weighted by atomic mass is 19.4. The zero-order valence-electron chi connectivity index (χ0n) is 11.1. The number of halogens is 3. The Kier molecular flexibility index (Phi) is 5.00. The average Bonchev–Trinajstić information content (AvgIpc) is 2.95. The molecule has 0 N–H and O–H groups in total. The lowest BCUT2D eigenvalue weighted by atomic mass is 10.2. The van der Waals surface area contributed by atoms with Crippen molar-refractivity contribution in [2.75, 3.05) is 19.8 Å². The first kappa shape index (κ1) is 15.6. The summed E-state index contributed by atoms with van der Waals surface area (Å²) in [6.07, 6.45) is -1.62. The molecule has 1 aliphatic heterocycles. The van der Waals surface area contributed by atoms with Gasteiger partial charge in [-0.1, -0.05) is 0 Å². The SMILES string of the molecule is O=C(OCC1CCCO1)c1ccc(OCC(F)(F)F)nc1. The molecule has 1 saturated heterocycles. The number of pyridine rings is 1. The summed E-state index contributed by atoms with van der Waals surface area (Å²) in [5, 5.41) is 0. The van der Waals surface area contributed by atoms with Crippen molar-refractivity contribution in [1.29, 1.82) is 0 Å². The molecule has 1 atom stereocenters. The van der Waals surface area contributed by atoms with Gasteiger partial charge in [0.2, 0.25) is 5.88 Å². The number of ether oxygens (including phenoxy) is 3. The van der Waals surface area contributed by atoms with Crippen LogP contribution in [0.1, 0.15) is 23.2 Å². The Bertz CT molecular complexity index is 469. The van der Waals surface area contributed by atoms with Crippen LogP contribution in [0.3, 0.4) is 0 Å². The molecule has 1 aromatic rings. The van der Waals surface area contributed by atoms with Crippen molar-refractivity contribution in [2.45, 2.75) is 25.1 Å². The topological polar surface area (TPSA) is 57.7 Å². The Morgan fingerprint density at radius 2 is 2.24 bits per heavy atom. The Balaban J connectivity index is 1.81. The zero-order valence-corrected chi connectivity index (χ0v) is 11.1. The second kappa shape index (κ2) is 6.75. The van der Waals surface area contributed by atoms with Crippen LogP contribution in [0.25, 0.3) is 0 Å². The first-order valence-electron chi connectivity index (χ1n) is 6.38. The molecule has 21 heavy (non-hydrogen) atoms. The highest BCUT2D eigenvalue weighted by Gasteiger charge is 2.28. The highest BCUT2D eigenvalue weighted by Crippen LogP contribution is 2.17. The minimum Gasteiger partial charge on any atom is -0.468 e. The first-order valence-corrected chi connectivity index (χ1v) is 6.38. The molecule has 0 radical (unpaired) electrons. The summed E-state index contributed by atoms with van der Waals surface area (Å²) in [6.45, 7) is -0.608. The van der Waals surface area contributed by atoms with Crippen LogP contribution in [0.4, 0.5) is 13.2 Å². The lowest BCUT2D eigenvalue weighted by Crippen LogP contribution is -2.20. The third kappa shape index (κ3) is 5.22. The summed E-state index contributed by atoms with van der Waals surface area (Å²) in [5.41, 5.74) is 0.146. The van der Waals surface area contributed by atoms with Crippen LogP contribution in [0.5, 0.6) is 5.88 Å². The van der Waals surface area contributed by atoms with E-state index in [1.807, 2.05) is 0 Å². The molecule has 2 rings (SSSR count). The third-order valence-electron chi connectivity index (χ3n) is 2.78. The number of carbonyl (C=O) groups excluding carboxylic acids is 1. The molecule has 0 bridgehead atoms. The minimum atomic E-state index is -4.43. The molecule has 0 aromatic carbocycles. The molecular formula is C13H14F3NO4. The summed E-state index contributed by atoms with van der Waals surface area (Å²) in [6, 6.07) is 2.49. The van der Waals surface area contributed by atoms with Gasteiger partial charge in [0.05, 0.1) is 11.7 Å². The van der Waals surface area contributed by atoms with E-state index in [0.717, 1.165) is 19.0 Å². The van der Waals surface area contributed by atoms with Gasteiger partial charge < -0.3 is 14.2 Å².